The number of nitrogens with two attached hydrogens (primary N) is 1. The van der Waals surface area contributed by atoms with Crippen LogP contribution in [0.4, 0.5) is 5.69 Å². The molecule has 0 atom stereocenters. The van der Waals surface area contributed by atoms with Gasteiger partial charge >= 0.3 is 0 Å². The number of halogens is 1. The molecule has 0 bridgehead atoms. The summed E-state index contributed by atoms with van der Waals surface area (Å²) in [5.41, 5.74) is 6.52. The Balaban J connectivity index is 0.00000408. The Labute approximate surface area is 218 Å². The molecule has 4 N–H and O–H groups in total. The molecule has 0 radical (unpaired) electrons. The molecule has 8 nitrogen and oxygen atoms in total. The van der Waals surface area contributed by atoms with Crippen molar-refractivity contribution in [2.45, 2.75) is 12.8 Å². The van der Waals surface area contributed by atoms with Crippen LogP contribution in [0.2, 0.25) is 0 Å². The maximum atomic E-state index is 13.5. The van der Waals surface area contributed by atoms with E-state index in [4.69, 9.17) is 15.2 Å². The van der Waals surface area contributed by atoms with Crippen LogP contribution in [0.25, 0.3) is 0 Å². The van der Waals surface area contributed by atoms with Gasteiger partial charge < -0.3 is 53.7 Å². The predicted octanol–water partition coefficient (Wildman–Crippen LogP) is -1.86. The molecule has 0 aromatic heterocycles. The zero-order valence-electron chi connectivity index (χ0n) is 20.5. The number of hydrogen-bond acceptors (Lipinski definition) is 6. The molecule has 0 amide bonds. The van der Waals surface area contributed by atoms with Gasteiger partial charge in [0.1, 0.15) is 17.2 Å². The number of nitrogens with zero attached hydrogens (tertiary/aromatic N) is 1. The molecule has 1 aliphatic carbocycles. The number of nitrogen functional groups attached to an aromatic ring is 1. The van der Waals surface area contributed by atoms with Gasteiger partial charge in [-0.15, -0.1) is 0 Å². The monoisotopic (exact) mass is 584 g/mol. The molecule has 0 fully saturated rings. The smallest absolute Gasteiger partial charge is 0.202 e. The Hall–Kier alpha value is -2.37. The first kappa shape index (κ1) is 27.9. The minimum atomic E-state index is -0.491. The van der Waals surface area contributed by atoms with E-state index in [0.717, 1.165) is 30.4 Å². The summed E-state index contributed by atoms with van der Waals surface area (Å²) in [6, 6.07) is 6.09. The van der Waals surface area contributed by atoms with Crippen LogP contribution in [-0.2, 0) is 0 Å². The number of carbonyl (C=O) groups excluding carboxylic acids is 2. The van der Waals surface area contributed by atoms with Gasteiger partial charge in [0.25, 0.3) is 0 Å². The van der Waals surface area contributed by atoms with E-state index < -0.39 is 11.6 Å². The molecule has 3 rings (SSSR count). The Morgan fingerprint density at radius 3 is 1.97 bits per heavy atom. The molecule has 1 aliphatic rings. The van der Waals surface area contributed by atoms with E-state index in [1.54, 1.807) is 12.1 Å². The third-order valence-corrected chi connectivity index (χ3v) is 5.56. The molecule has 0 saturated carbocycles. The summed E-state index contributed by atoms with van der Waals surface area (Å²) in [6.45, 7) is 2.58. The van der Waals surface area contributed by atoms with Crippen LogP contribution in [-0.4, -0.2) is 82.7 Å². The highest BCUT2D eigenvalue weighted by Crippen LogP contribution is 2.42. The molecule has 0 spiro atoms. The van der Waals surface area contributed by atoms with Gasteiger partial charge in [0, 0.05) is 18.5 Å². The number of benzene rings is 2. The first-order chi connectivity index (χ1) is 15.5. The summed E-state index contributed by atoms with van der Waals surface area (Å²) in [4.78, 5) is 28.3. The van der Waals surface area contributed by atoms with E-state index in [-0.39, 0.29) is 63.4 Å². The molecule has 186 valence electrons. The first-order valence-electron chi connectivity index (χ1n) is 11.2. The minimum absolute atomic E-state index is 0. The summed E-state index contributed by atoms with van der Waals surface area (Å²) in [6.07, 6.45) is 1.56. The van der Waals surface area contributed by atoms with E-state index in [2.05, 4.69) is 21.1 Å². The average Bonchev–Trinajstić information content (AvgIpc) is 2.73. The molecular formula is C25H35IN3O5+. The average molecular weight is 584 g/mol. The topological polar surface area (TPSA) is 103 Å². The Bertz CT molecular complexity index is 1060. The summed E-state index contributed by atoms with van der Waals surface area (Å²) < 4.78 is 12.6. The van der Waals surface area contributed by atoms with Gasteiger partial charge in [0.05, 0.1) is 83.8 Å². The molecule has 0 aliphatic heterocycles. The Morgan fingerprint density at radius 2 is 1.38 bits per heavy atom. The fourth-order valence-electron chi connectivity index (χ4n) is 3.92. The van der Waals surface area contributed by atoms with Crippen LogP contribution in [0.3, 0.4) is 0 Å². The number of hydrogen-bond donors (Lipinski definition) is 3. The largest absolute Gasteiger partial charge is 1.00 e. The van der Waals surface area contributed by atoms with Crippen LogP contribution in [0.1, 0.15) is 44.7 Å². The van der Waals surface area contributed by atoms with Crippen LogP contribution >= 0.6 is 0 Å². The number of ether oxygens (including phenoxy) is 2. The molecular weight excluding hydrogens is 549 g/mol. The highest BCUT2D eigenvalue weighted by Gasteiger charge is 2.38. The van der Waals surface area contributed by atoms with Gasteiger partial charge in [0.15, 0.2) is 0 Å². The van der Waals surface area contributed by atoms with E-state index in [1.807, 2.05) is 14.1 Å². The number of phenolic OH excluding ortho intramolecular Hbond substituents is 1. The minimum Gasteiger partial charge on any atom is -1.00 e. The lowest BCUT2D eigenvalue weighted by Gasteiger charge is -2.25. The number of rotatable bonds is 10. The molecule has 2 aromatic carbocycles. The molecule has 0 heterocycles. The van der Waals surface area contributed by atoms with Gasteiger partial charge in [-0.1, -0.05) is 0 Å². The number of carbonyl (C=O) groups is 2. The SMILES string of the molecule is C[NH+](C)CCCOc1ccc(O)c2c1C(=O)c1c(N)ccc(OCCC[N+](C)(C)C)c1C2=O.[I-]. The van der Waals surface area contributed by atoms with Crippen molar-refractivity contribution < 1.29 is 57.5 Å². The van der Waals surface area contributed by atoms with Crippen molar-refractivity contribution in [1.82, 2.24) is 0 Å². The van der Waals surface area contributed by atoms with Gasteiger partial charge in [-0.25, -0.2) is 0 Å². The van der Waals surface area contributed by atoms with Crippen molar-refractivity contribution in [2.24, 2.45) is 0 Å². The fourth-order valence-corrected chi connectivity index (χ4v) is 3.92. The second kappa shape index (κ2) is 11.4. The molecule has 34 heavy (non-hydrogen) atoms. The number of phenols is 1. The summed E-state index contributed by atoms with van der Waals surface area (Å²) in [7, 11) is 10.4. The Kier molecular flexibility index (Phi) is 9.32. The third-order valence-electron chi connectivity index (χ3n) is 5.56. The molecule has 0 saturated heterocycles. The van der Waals surface area contributed by atoms with Crippen molar-refractivity contribution in [1.29, 1.82) is 0 Å². The van der Waals surface area contributed by atoms with Gasteiger partial charge in [0.2, 0.25) is 11.6 Å². The van der Waals surface area contributed by atoms with E-state index in [0.29, 0.717) is 19.0 Å². The standard InChI is InChI=1S/C25H33N3O5.HI/c1-27(2)12-6-14-32-19-11-9-17(29)21-23(19)24(30)20-16(26)8-10-18(22(20)25(21)31)33-15-7-13-28(3,4)5;/h8-11H,6-7,12-15H2,1-5H3,(H2-,26,29,30,31);1H/p+1. The van der Waals surface area contributed by atoms with Crippen molar-refractivity contribution >= 4 is 17.3 Å². The maximum absolute atomic E-state index is 13.5. The number of fused-ring (bicyclic) bond motifs is 2. The van der Waals surface area contributed by atoms with Crippen LogP contribution < -0.4 is 44.1 Å². The highest BCUT2D eigenvalue weighted by molar-refractivity contribution is 6.32. The number of aromatic hydroxyl groups is 1. The third kappa shape index (κ3) is 6.19. The van der Waals surface area contributed by atoms with E-state index in [9.17, 15) is 14.7 Å². The lowest BCUT2D eigenvalue weighted by molar-refractivity contribution is -0.870. The normalized spacial score (nSPS) is 12.8. The fraction of sp³-hybridized carbons (Fsp3) is 0.440. The van der Waals surface area contributed by atoms with Gasteiger partial charge in [-0.3, -0.25) is 9.59 Å². The molecule has 0 unspecified atom stereocenters. The highest BCUT2D eigenvalue weighted by atomic mass is 127. The predicted molar refractivity (Wildman–Crippen MR) is 127 cm³/mol. The van der Waals surface area contributed by atoms with Crippen molar-refractivity contribution in [3.8, 4) is 17.2 Å². The van der Waals surface area contributed by atoms with Crippen molar-refractivity contribution in [2.75, 3.05) is 67.3 Å². The maximum Gasteiger partial charge on any atom is 0.202 e. The van der Waals surface area contributed by atoms with Crippen LogP contribution in [0, 0.1) is 0 Å². The van der Waals surface area contributed by atoms with Gasteiger partial charge in [-0.05, 0) is 24.3 Å². The second-order valence-corrected chi connectivity index (χ2v) is 9.77. The summed E-state index contributed by atoms with van der Waals surface area (Å²) in [5, 5.41) is 10.5. The zero-order chi connectivity index (χ0) is 24.3. The molecule has 2 aromatic rings. The summed E-state index contributed by atoms with van der Waals surface area (Å²) >= 11 is 0. The number of quaternary nitrogens is 2. The van der Waals surface area contributed by atoms with Crippen molar-refractivity contribution in [3.05, 3.63) is 46.5 Å². The lowest BCUT2D eigenvalue weighted by atomic mass is 9.81. The Morgan fingerprint density at radius 1 is 0.853 bits per heavy atom. The lowest BCUT2D eigenvalue weighted by Crippen LogP contribution is -3.05. The molecule has 9 heteroatoms. The van der Waals surface area contributed by atoms with E-state index >= 15 is 0 Å². The number of nitrogens with one attached hydrogen (secondary N) is 1. The van der Waals surface area contributed by atoms with Crippen molar-refractivity contribution in [3.63, 3.8) is 0 Å². The van der Waals surface area contributed by atoms with Crippen LogP contribution in [0.5, 0.6) is 17.2 Å². The van der Waals surface area contributed by atoms with E-state index in [1.165, 1.54) is 17.0 Å². The number of ketones is 2. The van der Waals surface area contributed by atoms with Crippen LogP contribution in [0.15, 0.2) is 24.3 Å². The van der Waals surface area contributed by atoms with Gasteiger partial charge in [-0.2, -0.15) is 0 Å². The quantitative estimate of drug-likeness (QED) is 0.112. The second-order valence-electron chi connectivity index (χ2n) is 9.77. The first-order valence-corrected chi connectivity index (χ1v) is 11.2. The number of anilines is 1. The summed E-state index contributed by atoms with van der Waals surface area (Å²) in [5.74, 6) is -0.636. The zero-order valence-corrected chi connectivity index (χ0v) is 22.7.